The van der Waals surface area contributed by atoms with Crippen molar-refractivity contribution >= 4 is 7.12 Å². The summed E-state index contributed by atoms with van der Waals surface area (Å²) in [4.78, 5) is 0. The molecule has 4 heteroatoms. The highest BCUT2D eigenvalue weighted by molar-refractivity contribution is 6.52. The first-order chi connectivity index (χ1) is 6.33. The fraction of sp³-hybridized carbons (Fsp3) is 0.900. The van der Waals surface area contributed by atoms with Crippen LogP contribution in [0.25, 0.3) is 0 Å². The average Bonchev–Trinajstić information content (AvgIpc) is 2.77. The zero-order valence-corrected chi connectivity index (χ0v) is 9.26. The van der Waals surface area contributed by atoms with Crippen LogP contribution in [0.1, 0.15) is 40.5 Å². The van der Waals surface area contributed by atoms with Crippen LogP contribution in [-0.2, 0) is 9.31 Å². The minimum Gasteiger partial charge on any atom is -0.402 e. The van der Waals surface area contributed by atoms with Crippen LogP contribution in [0.15, 0.2) is 0 Å². The Morgan fingerprint density at radius 3 is 1.79 bits per heavy atom. The smallest absolute Gasteiger partial charge is 0.402 e. The lowest BCUT2D eigenvalue weighted by molar-refractivity contribution is 0.00578. The molecule has 0 unspecified atom stereocenters. The predicted molar refractivity (Wildman–Crippen MR) is 53.6 cm³/mol. The van der Waals surface area contributed by atoms with Gasteiger partial charge in [0.2, 0.25) is 0 Å². The number of hydrogen-bond acceptors (Lipinski definition) is 3. The highest BCUT2D eigenvalue weighted by Gasteiger charge is 2.65. The average molecular weight is 193 g/mol. The van der Waals surface area contributed by atoms with Crippen LogP contribution in [0.2, 0.25) is 5.31 Å². The predicted octanol–water partition coefficient (Wildman–Crippen LogP) is 2.14. The van der Waals surface area contributed by atoms with E-state index in [2.05, 4.69) is 6.07 Å². The Bertz CT molecular complexity index is 286. The molecule has 2 rings (SSSR count). The standard InChI is InChI=1S/C10H16BNO2/c1-8(2)9(3,4)14-11(13-8)10(7-12)5-6-10/h5-6H2,1-4H3. The van der Waals surface area contributed by atoms with Crippen molar-refractivity contribution in [1.82, 2.24) is 0 Å². The summed E-state index contributed by atoms with van der Waals surface area (Å²) >= 11 is 0. The molecular weight excluding hydrogens is 177 g/mol. The van der Waals surface area contributed by atoms with Crippen molar-refractivity contribution in [3.63, 3.8) is 0 Å². The highest BCUT2D eigenvalue weighted by atomic mass is 16.7. The first kappa shape index (κ1) is 10.0. The second-order valence-corrected chi connectivity index (χ2v) is 5.36. The summed E-state index contributed by atoms with van der Waals surface area (Å²) in [5, 5.41) is 8.69. The topological polar surface area (TPSA) is 42.2 Å². The molecule has 0 spiro atoms. The normalized spacial score (nSPS) is 31.2. The van der Waals surface area contributed by atoms with Gasteiger partial charge in [0, 0.05) is 0 Å². The molecule has 1 aliphatic carbocycles. The maximum atomic E-state index is 9.05. The molecule has 14 heavy (non-hydrogen) atoms. The van der Waals surface area contributed by atoms with Gasteiger partial charge in [-0.05, 0) is 40.5 Å². The highest BCUT2D eigenvalue weighted by Crippen LogP contribution is 2.59. The molecule has 1 heterocycles. The number of nitriles is 1. The second-order valence-electron chi connectivity index (χ2n) is 5.36. The molecule has 0 aromatic heterocycles. The third-order valence-corrected chi connectivity index (χ3v) is 3.72. The van der Waals surface area contributed by atoms with E-state index in [1.54, 1.807) is 0 Å². The van der Waals surface area contributed by atoms with Crippen LogP contribution >= 0.6 is 0 Å². The molecule has 0 amide bonds. The molecule has 0 bridgehead atoms. The summed E-state index contributed by atoms with van der Waals surface area (Å²) in [5.74, 6) is 0. The summed E-state index contributed by atoms with van der Waals surface area (Å²) in [7, 11) is -0.336. The Balaban J connectivity index is 2.19. The first-order valence-electron chi connectivity index (χ1n) is 5.10. The quantitative estimate of drug-likeness (QED) is 0.599. The molecule has 0 N–H and O–H groups in total. The van der Waals surface area contributed by atoms with Gasteiger partial charge in [-0.15, -0.1) is 0 Å². The molecule has 1 saturated carbocycles. The summed E-state index contributed by atoms with van der Waals surface area (Å²) in [6, 6.07) is 2.32. The number of rotatable bonds is 1. The van der Waals surface area contributed by atoms with Crippen LogP contribution in [-0.4, -0.2) is 18.3 Å². The van der Waals surface area contributed by atoms with Crippen molar-refractivity contribution in [2.24, 2.45) is 0 Å². The largest absolute Gasteiger partial charge is 0.479 e. The van der Waals surface area contributed by atoms with E-state index < -0.39 is 0 Å². The molecule has 2 aliphatic rings. The van der Waals surface area contributed by atoms with Gasteiger partial charge in [0.1, 0.15) is 0 Å². The van der Waals surface area contributed by atoms with Crippen LogP contribution in [0.4, 0.5) is 0 Å². The fourth-order valence-electron chi connectivity index (χ4n) is 1.60. The monoisotopic (exact) mass is 193 g/mol. The minimum absolute atomic E-state index is 0.315. The van der Waals surface area contributed by atoms with Crippen molar-refractivity contribution < 1.29 is 9.31 Å². The zero-order chi connectivity index (χ0) is 10.6. The Kier molecular flexibility index (Phi) is 1.81. The SMILES string of the molecule is CC1(C)OB(C2(C#N)CC2)OC1(C)C. The van der Waals surface area contributed by atoms with E-state index in [-0.39, 0.29) is 23.6 Å². The van der Waals surface area contributed by atoms with Gasteiger partial charge >= 0.3 is 7.12 Å². The molecule has 76 valence electrons. The molecule has 0 radical (unpaired) electrons. The van der Waals surface area contributed by atoms with Gasteiger partial charge in [-0.3, -0.25) is 0 Å². The summed E-state index contributed by atoms with van der Waals surface area (Å²) in [6.07, 6.45) is 1.81. The van der Waals surface area contributed by atoms with Gasteiger partial charge in [0.15, 0.2) is 0 Å². The van der Waals surface area contributed by atoms with Crippen molar-refractivity contribution in [3.05, 3.63) is 0 Å². The van der Waals surface area contributed by atoms with Crippen molar-refractivity contribution in [2.75, 3.05) is 0 Å². The van der Waals surface area contributed by atoms with Crippen LogP contribution in [0.3, 0.4) is 0 Å². The molecule has 1 saturated heterocycles. The summed E-state index contributed by atoms with van der Waals surface area (Å²) in [6.45, 7) is 8.06. The minimum atomic E-state index is -0.356. The van der Waals surface area contributed by atoms with E-state index in [0.29, 0.717) is 0 Å². The molecule has 0 atom stereocenters. The lowest BCUT2D eigenvalue weighted by atomic mass is 9.69. The Labute approximate surface area is 85.5 Å². The Morgan fingerprint density at radius 2 is 1.50 bits per heavy atom. The van der Waals surface area contributed by atoms with Gasteiger partial charge in [0.25, 0.3) is 0 Å². The van der Waals surface area contributed by atoms with E-state index in [4.69, 9.17) is 14.6 Å². The molecule has 2 fully saturated rings. The maximum Gasteiger partial charge on any atom is 0.479 e. The fourth-order valence-corrected chi connectivity index (χ4v) is 1.60. The number of hydrogen-bond donors (Lipinski definition) is 0. The molecule has 0 aromatic rings. The van der Waals surface area contributed by atoms with E-state index >= 15 is 0 Å². The lowest BCUT2D eigenvalue weighted by Gasteiger charge is -2.32. The zero-order valence-electron chi connectivity index (χ0n) is 9.26. The van der Waals surface area contributed by atoms with Crippen LogP contribution < -0.4 is 0 Å². The van der Waals surface area contributed by atoms with E-state index in [0.717, 1.165) is 12.8 Å². The van der Waals surface area contributed by atoms with E-state index in [9.17, 15) is 0 Å². The summed E-state index contributed by atoms with van der Waals surface area (Å²) in [5.41, 5.74) is -0.631. The van der Waals surface area contributed by atoms with Crippen LogP contribution in [0.5, 0.6) is 0 Å². The van der Waals surface area contributed by atoms with E-state index in [1.807, 2.05) is 27.7 Å². The number of nitrogens with zero attached hydrogens (tertiary/aromatic N) is 1. The van der Waals surface area contributed by atoms with Crippen molar-refractivity contribution in [3.8, 4) is 6.07 Å². The first-order valence-corrected chi connectivity index (χ1v) is 5.10. The van der Waals surface area contributed by atoms with Gasteiger partial charge in [-0.2, -0.15) is 5.26 Å². The third-order valence-electron chi connectivity index (χ3n) is 3.72. The summed E-state index contributed by atoms with van der Waals surface area (Å²) < 4.78 is 11.7. The van der Waals surface area contributed by atoms with Gasteiger partial charge in [0.05, 0.1) is 22.6 Å². The Hall–Kier alpha value is -0.525. The van der Waals surface area contributed by atoms with E-state index in [1.165, 1.54) is 0 Å². The van der Waals surface area contributed by atoms with Crippen molar-refractivity contribution in [1.29, 1.82) is 5.26 Å². The third kappa shape index (κ3) is 1.19. The van der Waals surface area contributed by atoms with Gasteiger partial charge in [-0.25, -0.2) is 0 Å². The lowest BCUT2D eigenvalue weighted by Crippen LogP contribution is -2.41. The Morgan fingerprint density at radius 1 is 1.07 bits per heavy atom. The molecule has 0 aromatic carbocycles. The molecule has 1 aliphatic heterocycles. The maximum absolute atomic E-state index is 9.05. The second kappa shape index (κ2) is 2.53. The van der Waals surface area contributed by atoms with Crippen LogP contribution in [0, 0.1) is 11.3 Å². The molecule has 3 nitrogen and oxygen atoms in total. The van der Waals surface area contributed by atoms with Gasteiger partial charge in [-0.1, -0.05) is 0 Å². The van der Waals surface area contributed by atoms with Gasteiger partial charge < -0.3 is 9.31 Å². The molecular formula is C10H16BNO2. The van der Waals surface area contributed by atoms with Crippen molar-refractivity contribution in [2.45, 2.75) is 57.1 Å².